The van der Waals surface area contributed by atoms with E-state index < -0.39 is 36.0 Å². The molecule has 0 saturated heterocycles. The number of aliphatic hydroxyl groups is 2. The van der Waals surface area contributed by atoms with Crippen LogP contribution in [0, 0.1) is 11.3 Å². The van der Waals surface area contributed by atoms with Gasteiger partial charge in [-0.2, -0.15) is 5.10 Å². The van der Waals surface area contributed by atoms with E-state index in [1.165, 1.54) is 38.5 Å². The van der Waals surface area contributed by atoms with Gasteiger partial charge in [0.15, 0.2) is 5.69 Å². The molecular weight excluding hydrogens is 420 g/mol. The van der Waals surface area contributed by atoms with Crippen LogP contribution in [0.3, 0.4) is 0 Å². The van der Waals surface area contributed by atoms with Gasteiger partial charge in [0.1, 0.15) is 6.04 Å². The summed E-state index contributed by atoms with van der Waals surface area (Å²) < 4.78 is 1.95. The number of hydrogen-bond acceptors (Lipinski definition) is 5. The molecule has 2 aromatic rings. The third-order valence-electron chi connectivity index (χ3n) is 6.41. The monoisotopic (exact) mass is 458 g/mol. The summed E-state index contributed by atoms with van der Waals surface area (Å²) in [6.07, 6.45) is 6.37. The lowest BCUT2D eigenvalue weighted by Gasteiger charge is -2.30. The van der Waals surface area contributed by atoms with Gasteiger partial charge in [-0.05, 0) is 30.2 Å². The minimum atomic E-state index is -1.05. The summed E-state index contributed by atoms with van der Waals surface area (Å²) in [5.41, 5.74) is 0.675. The Morgan fingerprint density at radius 3 is 2.45 bits per heavy atom. The lowest BCUT2D eigenvalue weighted by molar-refractivity contribution is -0.125. The second-order valence-corrected chi connectivity index (χ2v) is 10.3. The SMILES string of the molecule is CC(C)(C)C(NC(=O)c1nn(CC2CCCCCC2)c2ccccc12)C(=O)NCC(O)CO. The molecule has 1 aliphatic carbocycles. The molecule has 1 aromatic heterocycles. The molecule has 2 unspecified atom stereocenters. The summed E-state index contributed by atoms with van der Waals surface area (Å²) in [5.74, 6) is -0.257. The Balaban J connectivity index is 1.82. The van der Waals surface area contributed by atoms with Gasteiger partial charge in [-0.25, -0.2) is 0 Å². The molecule has 1 saturated carbocycles. The lowest BCUT2D eigenvalue weighted by atomic mass is 9.86. The van der Waals surface area contributed by atoms with Crippen molar-refractivity contribution in [3.8, 4) is 0 Å². The molecule has 0 bridgehead atoms. The number of carbonyl (C=O) groups is 2. The molecule has 8 nitrogen and oxygen atoms in total. The average molecular weight is 459 g/mol. The number of aromatic nitrogens is 2. The van der Waals surface area contributed by atoms with Crippen molar-refractivity contribution in [2.45, 2.75) is 78.0 Å². The third-order valence-corrected chi connectivity index (χ3v) is 6.41. The number of para-hydroxylation sites is 1. The van der Waals surface area contributed by atoms with E-state index in [-0.39, 0.29) is 6.54 Å². The van der Waals surface area contributed by atoms with Gasteiger partial charge in [-0.1, -0.05) is 64.7 Å². The van der Waals surface area contributed by atoms with Crippen molar-refractivity contribution in [3.63, 3.8) is 0 Å². The van der Waals surface area contributed by atoms with Crippen molar-refractivity contribution >= 4 is 22.7 Å². The fourth-order valence-corrected chi connectivity index (χ4v) is 4.49. The quantitative estimate of drug-likeness (QED) is 0.454. The summed E-state index contributed by atoms with van der Waals surface area (Å²) in [5, 5.41) is 29.5. The van der Waals surface area contributed by atoms with Crippen molar-refractivity contribution in [2.75, 3.05) is 13.2 Å². The van der Waals surface area contributed by atoms with E-state index in [9.17, 15) is 14.7 Å². The molecule has 3 rings (SSSR count). The molecule has 1 aromatic carbocycles. The highest BCUT2D eigenvalue weighted by Crippen LogP contribution is 2.27. The first kappa shape index (κ1) is 25.2. The Bertz CT molecular complexity index is 942. The zero-order valence-electron chi connectivity index (χ0n) is 20.0. The van der Waals surface area contributed by atoms with Crippen LogP contribution in [0.2, 0.25) is 0 Å². The highest BCUT2D eigenvalue weighted by atomic mass is 16.3. The summed E-state index contributed by atoms with van der Waals surface area (Å²) in [6.45, 7) is 5.85. The predicted octanol–water partition coefficient (Wildman–Crippen LogP) is 2.62. The molecule has 0 spiro atoms. The molecule has 2 amide bonds. The van der Waals surface area contributed by atoms with Gasteiger partial charge in [0.2, 0.25) is 5.91 Å². The Labute approximate surface area is 195 Å². The van der Waals surface area contributed by atoms with Gasteiger partial charge in [0.05, 0.1) is 18.2 Å². The topological polar surface area (TPSA) is 116 Å². The molecule has 1 fully saturated rings. The molecule has 8 heteroatoms. The molecule has 4 N–H and O–H groups in total. The largest absolute Gasteiger partial charge is 0.394 e. The minimum Gasteiger partial charge on any atom is -0.394 e. The van der Waals surface area contributed by atoms with Crippen LogP contribution in [0.4, 0.5) is 0 Å². The maximum atomic E-state index is 13.3. The van der Waals surface area contributed by atoms with Crippen LogP contribution in [0.15, 0.2) is 24.3 Å². The molecular formula is C25H38N4O4. The molecule has 1 heterocycles. The fourth-order valence-electron chi connectivity index (χ4n) is 4.49. The second-order valence-electron chi connectivity index (χ2n) is 10.3. The van der Waals surface area contributed by atoms with E-state index in [1.807, 2.05) is 49.7 Å². The smallest absolute Gasteiger partial charge is 0.273 e. The van der Waals surface area contributed by atoms with Crippen molar-refractivity contribution < 1.29 is 19.8 Å². The number of nitrogens with zero attached hydrogens (tertiary/aromatic N) is 2. The number of hydrogen-bond donors (Lipinski definition) is 4. The Hall–Kier alpha value is -2.45. The van der Waals surface area contributed by atoms with E-state index in [4.69, 9.17) is 10.2 Å². The zero-order valence-corrected chi connectivity index (χ0v) is 20.0. The van der Waals surface area contributed by atoms with Crippen LogP contribution >= 0.6 is 0 Å². The zero-order chi connectivity index (χ0) is 24.0. The standard InChI is InChI=1S/C25H38N4O4/c1-25(2,3)22(24(33)26-14-18(31)16-30)27-23(32)21-19-12-8-9-13-20(19)29(28-21)15-17-10-6-4-5-7-11-17/h8-9,12-13,17-18,22,30-31H,4-7,10-11,14-16H2,1-3H3,(H,26,33)(H,27,32). The minimum absolute atomic E-state index is 0.0866. The molecule has 33 heavy (non-hydrogen) atoms. The van der Waals surface area contributed by atoms with Crippen molar-refractivity contribution in [1.82, 2.24) is 20.4 Å². The predicted molar refractivity (Wildman–Crippen MR) is 128 cm³/mol. The number of carbonyl (C=O) groups excluding carboxylic acids is 2. The van der Waals surface area contributed by atoms with Gasteiger partial charge in [-0.15, -0.1) is 0 Å². The maximum Gasteiger partial charge on any atom is 0.273 e. The van der Waals surface area contributed by atoms with Crippen LogP contribution in [0.1, 0.15) is 69.8 Å². The first-order valence-electron chi connectivity index (χ1n) is 12.0. The number of rotatable bonds is 8. The van der Waals surface area contributed by atoms with E-state index in [2.05, 4.69) is 10.6 Å². The molecule has 1 aliphatic rings. The van der Waals surface area contributed by atoms with Crippen LogP contribution in [-0.4, -0.2) is 57.1 Å². The van der Waals surface area contributed by atoms with E-state index in [0.717, 1.165) is 17.4 Å². The fraction of sp³-hybridized carbons (Fsp3) is 0.640. The average Bonchev–Trinajstić information content (AvgIpc) is 2.94. The number of fused-ring (bicyclic) bond motifs is 1. The molecule has 182 valence electrons. The van der Waals surface area contributed by atoms with Crippen LogP contribution in [-0.2, 0) is 11.3 Å². The van der Waals surface area contributed by atoms with E-state index >= 15 is 0 Å². The number of aliphatic hydroxyl groups excluding tert-OH is 2. The molecule has 0 radical (unpaired) electrons. The third kappa shape index (κ3) is 6.54. The van der Waals surface area contributed by atoms with Gasteiger partial charge >= 0.3 is 0 Å². The van der Waals surface area contributed by atoms with Crippen molar-refractivity contribution in [1.29, 1.82) is 0 Å². The van der Waals surface area contributed by atoms with Crippen molar-refractivity contribution in [2.24, 2.45) is 11.3 Å². The van der Waals surface area contributed by atoms with Gasteiger partial charge < -0.3 is 20.8 Å². The van der Waals surface area contributed by atoms with Gasteiger partial charge in [0.25, 0.3) is 5.91 Å². The van der Waals surface area contributed by atoms with E-state index in [1.54, 1.807) is 0 Å². The van der Waals surface area contributed by atoms with Crippen molar-refractivity contribution in [3.05, 3.63) is 30.0 Å². The highest BCUT2D eigenvalue weighted by molar-refractivity contribution is 6.06. The van der Waals surface area contributed by atoms with Crippen LogP contribution < -0.4 is 10.6 Å². The number of amides is 2. The van der Waals surface area contributed by atoms with Crippen LogP contribution in [0.25, 0.3) is 10.9 Å². The van der Waals surface area contributed by atoms with Gasteiger partial charge in [0, 0.05) is 18.5 Å². The summed E-state index contributed by atoms with van der Waals surface area (Å²) >= 11 is 0. The number of nitrogens with one attached hydrogen (secondary N) is 2. The lowest BCUT2D eigenvalue weighted by Crippen LogP contribution is -2.54. The normalized spacial score (nSPS) is 17.4. The Kier molecular flexibility index (Phi) is 8.48. The van der Waals surface area contributed by atoms with E-state index in [0.29, 0.717) is 11.6 Å². The summed E-state index contributed by atoms with van der Waals surface area (Å²) in [6, 6.07) is 6.89. The summed E-state index contributed by atoms with van der Waals surface area (Å²) in [4.78, 5) is 26.1. The first-order chi connectivity index (χ1) is 15.7. The second kappa shape index (κ2) is 11.1. The number of benzene rings is 1. The van der Waals surface area contributed by atoms with Gasteiger partial charge in [-0.3, -0.25) is 14.3 Å². The highest BCUT2D eigenvalue weighted by Gasteiger charge is 2.34. The summed E-state index contributed by atoms with van der Waals surface area (Å²) in [7, 11) is 0. The Morgan fingerprint density at radius 1 is 1.15 bits per heavy atom. The molecule has 2 atom stereocenters. The maximum absolute atomic E-state index is 13.3. The first-order valence-corrected chi connectivity index (χ1v) is 12.0. The Morgan fingerprint density at radius 2 is 1.82 bits per heavy atom. The van der Waals surface area contributed by atoms with Crippen LogP contribution in [0.5, 0.6) is 0 Å². The molecule has 0 aliphatic heterocycles.